The van der Waals surface area contributed by atoms with Crippen LogP contribution in [0.2, 0.25) is 10.2 Å². The Morgan fingerprint density at radius 1 is 1.59 bits per heavy atom. The molecule has 1 aromatic rings. The van der Waals surface area contributed by atoms with Crippen molar-refractivity contribution in [3.63, 3.8) is 0 Å². The van der Waals surface area contributed by atoms with Gasteiger partial charge in [-0.05, 0) is 19.9 Å². The molecule has 1 N–H and O–H groups in total. The van der Waals surface area contributed by atoms with E-state index in [4.69, 9.17) is 28.5 Å². The minimum absolute atomic E-state index is 0.153. The molecule has 90 valence electrons. The third kappa shape index (κ3) is 3.88. The molecule has 0 saturated carbocycles. The molecule has 0 aliphatic heterocycles. The Bertz CT molecular complexity index is 480. The van der Waals surface area contributed by atoms with E-state index in [2.05, 4.69) is 16.4 Å². The third-order valence-corrected chi connectivity index (χ3v) is 2.74. The van der Waals surface area contributed by atoms with Crippen LogP contribution in [-0.4, -0.2) is 17.4 Å². The van der Waals surface area contributed by atoms with E-state index in [0.29, 0.717) is 5.56 Å². The van der Waals surface area contributed by atoms with Crippen LogP contribution in [-0.2, 0) is 0 Å². The molecule has 0 aromatic carbocycles. The lowest BCUT2D eigenvalue weighted by molar-refractivity contribution is 0.0943. The summed E-state index contributed by atoms with van der Waals surface area (Å²) in [4.78, 5) is 15.5. The summed E-state index contributed by atoms with van der Waals surface area (Å²) in [7, 11) is 0. The van der Waals surface area contributed by atoms with E-state index in [1.54, 1.807) is 13.8 Å². The molecular weight excluding hydrogens is 261 g/mol. The van der Waals surface area contributed by atoms with Crippen molar-refractivity contribution in [2.24, 2.45) is 5.41 Å². The minimum Gasteiger partial charge on any atom is -0.350 e. The molecule has 0 saturated heterocycles. The van der Waals surface area contributed by atoms with E-state index in [1.165, 1.54) is 12.3 Å². The molecule has 17 heavy (non-hydrogen) atoms. The monoisotopic (exact) mass is 271 g/mol. The van der Waals surface area contributed by atoms with Crippen LogP contribution in [0.5, 0.6) is 0 Å². The van der Waals surface area contributed by atoms with Gasteiger partial charge in [-0.2, -0.15) is 5.26 Å². The van der Waals surface area contributed by atoms with Crippen LogP contribution in [0.15, 0.2) is 12.3 Å². The molecule has 1 heterocycles. The van der Waals surface area contributed by atoms with Gasteiger partial charge in [-0.25, -0.2) is 4.98 Å². The number of aromatic nitrogens is 1. The van der Waals surface area contributed by atoms with Crippen molar-refractivity contribution in [3.05, 3.63) is 28.0 Å². The maximum atomic E-state index is 11.7. The first-order valence-electron chi connectivity index (χ1n) is 4.86. The molecule has 0 aliphatic rings. The highest BCUT2D eigenvalue weighted by Gasteiger charge is 2.18. The molecule has 0 atom stereocenters. The largest absolute Gasteiger partial charge is 0.350 e. The van der Waals surface area contributed by atoms with Crippen molar-refractivity contribution >= 4 is 29.1 Å². The van der Waals surface area contributed by atoms with Crippen molar-refractivity contribution in [2.45, 2.75) is 13.8 Å². The molecule has 0 radical (unpaired) electrons. The van der Waals surface area contributed by atoms with Gasteiger partial charge in [0.15, 0.2) is 0 Å². The SMILES string of the molecule is CC(C)(C#N)CNC(=O)c1cnc(Cl)c(Cl)c1. The second-order valence-electron chi connectivity index (χ2n) is 4.17. The zero-order valence-electron chi connectivity index (χ0n) is 9.42. The summed E-state index contributed by atoms with van der Waals surface area (Å²) >= 11 is 11.4. The van der Waals surface area contributed by atoms with E-state index < -0.39 is 5.41 Å². The molecular formula is C11H11Cl2N3O. The van der Waals surface area contributed by atoms with E-state index in [-0.39, 0.29) is 22.6 Å². The van der Waals surface area contributed by atoms with Crippen LogP contribution < -0.4 is 5.32 Å². The van der Waals surface area contributed by atoms with Crippen LogP contribution >= 0.6 is 23.2 Å². The third-order valence-electron chi connectivity index (χ3n) is 2.05. The summed E-state index contributed by atoms with van der Waals surface area (Å²) in [6, 6.07) is 3.53. The van der Waals surface area contributed by atoms with E-state index in [9.17, 15) is 4.79 Å². The fraction of sp³-hybridized carbons (Fsp3) is 0.364. The Kier molecular flexibility index (Phi) is 4.33. The Labute approximate surface area is 110 Å². The van der Waals surface area contributed by atoms with Gasteiger partial charge in [0.2, 0.25) is 0 Å². The van der Waals surface area contributed by atoms with Crippen molar-refractivity contribution in [3.8, 4) is 6.07 Å². The van der Waals surface area contributed by atoms with Crippen LogP contribution in [0.4, 0.5) is 0 Å². The van der Waals surface area contributed by atoms with E-state index in [1.807, 2.05) is 0 Å². The predicted octanol–water partition coefficient (Wildman–Crippen LogP) is 2.67. The molecule has 0 bridgehead atoms. The number of rotatable bonds is 3. The lowest BCUT2D eigenvalue weighted by Gasteiger charge is -2.15. The number of carbonyl (C=O) groups excluding carboxylic acids is 1. The first kappa shape index (κ1) is 13.8. The van der Waals surface area contributed by atoms with Crippen LogP contribution in [0.25, 0.3) is 0 Å². The van der Waals surface area contributed by atoms with Crippen LogP contribution in [0.1, 0.15) is 24.2 Å². The quantitative estimate of drug-likeness (QED) is 0.860. The van der Waals surface area contributed by atoms with Crippen molar-refractivity contribution in [1.82, 2.24) is 10.3 Å². The zero-order chi connectivity index (χ0) is 13.1. The highest BCUT2D eigenvalue weighted by atomic mass is 35.5. The normalized spacial score (nSPS) is 10.8. The predicted molar refractivity (Wildman–Crippen MR) is 66.0 cm³/mol. The Morgan fingerprint density at radius 3 is 2.76 bits per heavy atom. The Hall–Kier alpha value is -1.31. The van der Waals surface area contributed by atoms with Gasteiger partial charge in [-0.15, -0.1) is 0 Å². The number of amides is 1. The maximum Gasteiger partial charge on any atom is 0.252 e. The van der Waals surface area contributed by atoms with Gasteiger partial charge in [0.1, 0.15) is 5.15 Å². The summed E-state index contributed by atoms with van der Waals surface area (Å²) in [5.41, 5.74) is -0.299. The summed E-state index contributed by atoms with van der Waals surface area (Å²) in [6.07, 6.45) is 1.34. The number of hydrogen-bond donors (Lipinski definition) is 1. The van der Waals surface area contributed by atoms with Crippen molar-refractivity contribution in [2.75, 3.05) is 6.54 Å². The molecule has 1 amide bonds. The van der Waals surface area contributed by atoms with Gasteiger partial charge in [-0.1, -0.05) is 23.2 Å². The number of nitrogens with zero attached hydrogens (tertiary/aromatic N) is 2. The van der Waals surface area contributed by atoms with Gasteiger partial charge < -0.3 is 5.32 Å². The number of nitriles is 1. The number of nitrogens with one attached hydrogen (secondary N) is 1. The fourth-order valence-electron chi connectivity index (χ4n) is 0.988. The fourth-order valence-corrected chi connectivity index (χ4v) is 1.26. The van der Waals surface area contributed by atoms with Gasteiger partial charge >= 0.3 is 0 Å². The molecule has 6 heteroatoms. The topological polar surface area (TPSA) is 65.8 Å². The summed E-state index contributed by atoms with van der Waals surface area (Å²) < 4.78 is 0. The van der Waals surface area contributed by atoms with Crippen molar-refractivity contribution < 1.29 is 4.79 Å². The first-order valence-corrected chi connectivity index (χ1v) is 5.62. The van der Waals surface area contributed by atoms with E-state index in [0.717, 1.165) is 0 Å². The molecule has 0 spiro atoms. The molecule has 4 nitrogen and oxygen atoms in total. The van der Waals surface area contributed by atoms with Gasteiger partial charge in [-0.3, -0.25) is 4.79 Å². The Morgan fingerprint density at radius 2 is 2.24 bits per heavy atom. The number of hydrogen-bond acceptors (Lipinski definition) is 3. The maximum absolute atomic E-state index is 11.7. The van der Waals surface area contributed by atoms with E-state index >= 15 is 0 Å². The van der Waals surface area contributed by atoms with Crippen LogP contribution in [0, 0.1) is 16.7 Å². The number of pyridine rings is 1. The minimum atomic E-state index is -0.612. The van der Waals surface area contributed by atoms with Gasteiger partial charge in [0.05, 0.1) is 22.1 Å². The summed E-state index contributed by atoms with van der Waals surface area (Å²) in [6.45, 7) is 3.73. The average Bonchev–Trinajstić information content (AvgIpc) is 2.30. The van der Waals surface area contributed by atoms with Crippen LogP contribution in [0.3, 0.4) is 0 Å². The zero-order valence-corrected chi connectivity index (χ0v) is 10.9. The van der Waals surface area contributed by atoms with Crippen molar-refractivity contribution in [1.29, 1.82) is 5.26 Å². The van der Waals surface area contributed by atoms with Gasteiger partial charge in [0.25, 0.3) is 5.91 Å². The number of halogens is 2. The lowest BCUT2D eigenvalue weighted by Crippen LogP contribution is -2.33. The smallest absolute Gasteiger partial charge is 0.252 e. The standard InChI is InChI=1S/C11H11Cl2N3O/c1-11(2,5-14)6-16-10(17)7-3-8(12)9(13)15-4-7/h3-4H,6H2,1-2H3,(H,16,17). The highest BCUT2D eigenvalue weighted by molar-refractivity contribution is 6.41. The molecule has 1 aromatic heterocycles. The molecule has 0 aliphatic carbocycles. The Balaban J connectivity index is 2.72. The lowest BCUT2D eigenvalue weighted by atomic mass is 9.96. The summed E-state index contributed by atoms with van der Waals surface area (Å²) in [5.74, 6) is -0.334. The molecule has 1 rings (SSSR count). The first-order chi connectivity index (χ1) is 7.85. The molecule has 0 fully saturated rings. The number of carbonyl (C=O) groups is 1. The van der Waals surface area contributed by atoms with Gasteiger partial charge in [0, 0.05) is 12.7 Å². The summed E-state index contributed by atoms with van der Waals surface area (Å²) in [5, 5.41) is 11.8. The highest BCUT2D eigenvalue weighted by Crippen LogP contribution is 2.19. The molecule has 0 unspecified atom stereocenters. The second kappa shape index (κ2) is 5.35. The average molecular weight is 272 g/mol. The second-order valence-corrected chi connectivity index (χ2v) is 4.94.